The Labute approximate surface area is 73.7 Å². The summed E-state index contributed by atoms with van der Waals surface area (Å²) >= 11 is 0. The minimum absolute atomic E-state index is 0.753. The zero-order valence-corrected chi connectivity index (χ0v) is 6.68. The predicted molar refractivity (Wildman–Crippen MR) is 45.9 cm³/mol. The molecule has 0 aliphatic carbocycles. The Morgan fingerprint density at radius 2 is 2.23 bits per heavy atom. The van der Waals surface area contributed by atoms with Crippen LogP contribution in [0.15, 0.2) is 30.5 Å². The summed E-state index contributed by atoms with van der Waals surface area (Å²) in [5.41, 5.74) is 5.58. The van der Waals surface area contributed by atoms with Crippen molar-refractivity contribution >= 4 is 17.0 Å². The number of fused-ring (bicyclic) bond motifs is 1. The minimum atomic E-state index is -0.882. The average molecular weight is 177 g/mol. The topological polar surface area (TPSA) is 70.1 Å². The first-order valence-corrected chi connectivity index (χ1v) is 3.68. The van der Waals surface area contributed by atoms with Crippen molar-refractivity contribution in [2.75, 3.05) is 0 Å². The van der Waals surface area contributed by atoms with Crippen molar-refractivity contribution in [2.24, 2.45) is 5.73 Å². The predicted octanol–water partition coefficient (Wildman–Crippen LogP) is 0.544. The van der Waals surface area contributed by atoms with Crippen molar-refractivity contribution in [3.8, 4) is 0 Å². The highest BCUT2D eigenvalue weighted by atomic mass is 16.7. The van der Waals surface area contributed by atoms with Crippen LogP contribution in [0.5, 0.6) is 0 Å². The van der Waals surface area contributed by atoms with Crippen LogP contribution < -0.4 is 10.6 Å². The number of hydrogen-bond donors (Lipinski definition) is 1. The molecule has 0 fully saturated rings. The van der Waals surface area contributed by atoms with Crippen molar-refractivity contribution in [2.45, 2.75) is 0 Å². The van der Waals surface area contributed by atoms with E-state index in [0.717, 1.165) is 15.7 Å². The molecule has 2 rings (SSSR count). The lowest BCUT2D eigenvalue weighted by Crippen LogP contribution is -2.25. The molecule has 0 unspecified atom stereocenters. The van der Waals surface area contributed by atoms with Gasteiger partial charge in [0.2, 0.25) is 0 Å². The minimum Gasteiger partial charge on any atom is -0.333 e. The van der Waals surface area contributed by atoms with Gasteiger partial charge in [0.1, 0.15) is 0 Å². The highest BCUT2D eigenvalue weighted by molar-refractivity contribution is 5.77. The summed E-state index contributed by atoms with van der Waals surface area (Å²) in [5, 5.41) is 4.84. The Hall–Kier alpha value is -2.04. The highest BCUT2D eigenvalue weighted by Crippen LogP contribution is 2.09. The second-order valence-electron chi connectivity index (χ2n) is 2.50. The molecule has 1 aromatic heterocycles. The summed E-state index contributed by atoms with van der Waals surface area (Å²) in [6.07, 6.45) is 0.702. The maximum absolute atomic E-state index is 10.4. The summed E-state index contributed by atoms with van der Waals surface area (Å²) in [4.78, 5) is 16.0. The molecule has 1 amide bonds. The number of benzene rings is 1. The van der Waals surface area contributed by atoms with Gasteiger partial charge in [-0.1, -0.05) is 23.0 Å². The van der Waals surface area contributed by atoms with Crippen LogP contribution in [-0.4, -0.2) is 16.0 Å². The van der Waals surface area contributed by atoms with Crippen LogP contribution in [0.4, 0.5) is 4.79 Å². The molecule has 0 saturated heterocycles. The number of carbonyl (C=O) groups excluding carboxylic acids is 1. The molecule has 66 valence electrons. The van der Waals surface area contributed by atoms with Crippen LogP contribution >= 0.6 is 0 Å². The second-order valence-corrected chi connectivity index (χ2v) is 2.50. The number of primary amides is 1. The summed E-state index contributed by atoms with van der Waals surface area (Å²) < 4.78 is 0. The molecule has 1 heterocycles. The molecule has 5 nitrogen and oxygen atoms in total. The third-order valence-corrected chi connectivity index (χ3v) is 1.58. The van der Waals surface area contributed by atoms with Gasteiger partial charge in [-0.25, -0.2) is 4.79 Å². The lowest BCUT2D eigenvalue weighted by Gasteiger charge is -1.95. The Kier molecular flexibility index (Phi) is 1.63. The van der Waals surface area contributed by atoms with Crippen molar-refractivity contribution < 1.29 is 9.63 Å². The summed E-state index contributed by atoms with van der Waals surface area (Å²) in [5.74, 6) is 0. The number of nitrogens with two attached hydrogens (primary N) is 1. The van der Waals surface area contributed by atoms with E-state index in [0.29, 0.717) is 0 Å². The first kappa shape index (κ1) is 7.60. The van der Waals surface area contributed by atoms with E-state index in [1.807, 2.05) is 24.3 Å². The maximum atomic E-state index is 10.4. The fourth-order valence-electron chi connectivity index (χ4n) is 1.08. The molecular weight excluding hydrogens is 170 g/mol. The maximum Gasteiger partial charge on any atom is 0.430 e. The molecular formula is C8H7N3O2. The molecule has 1 aromatic carbocycles. The van der Waals surface area contributed by atoms with E-state index in [4.69, 9.17) is 5.73 Å². The quantitative estimate of drug-likeness (QED) is 0.691. The van der Waals surface area contributed by atoms with Gasteiger partial charge in [-0.3, -0.25) is 4.84 Å². The Balaban J connectivity index is 2.44. The number of carbonyl (C=O) groups is 1. The molecule has 2 N–H and O–H groups in total. The molecule has 0 saturated carbocycles. The van der Waals surface area contributed by atoms with E-state index in [1.165, 1.54) is 0 Å². The smallest absolute Gasteiger partial charge is 0.333 e. The molecule has 13 heavy (non-hydrogen) atoms. The fourth-order valence-corrected chi connectivity index (χ4v) is 1.08. The number of aromatic nitrogens is 2. The van der Waals surface area contributed by atoms with Crippen LogP contribution in [0, 0.1) is 0 Å². The van der Waals surface area contributed by atoms with Gasteiger partial charge in [-0.05, 0) is 6.07 Å². The van der Waals surface area contributed by atoms with E-state index in [1.54, 1.807) is 6.20 Å². The van der Waals surface area contributed by atoms with E-state index < -0.39 is 6.09 Å². The molecule has 5 heteroatoms. The second kappa shape index (κ2) is 2.78. The Bertz CT molecular complexity index is 416. The van der Waals surface area contributed by atoms with Gasteiger partial charge in [-0.2, -0.15) is 0 Å². The first-order valence-electron chi connectivity index (χ1n) is 3.68. The van der Waals surface area contributed by atoms with Crippen LogP contribution in [0.3, 0.4) is 0 Å². The van der Waals surface area contributed by atoms with Crippen LogP contribution in [-0.2, 0) is 0 Å². The summed E-state index contributed by atoms with van der Waals surface area (Å²) in [6.45, 7) is 0. The van der Waals surface area contributed by atoms with Crippen LogP contribution in [0.2, 0.25) is 0 Å². The first-order chi connectivity index (χ1) is 6.25. The molecule has 0 aliphatic heterocycles. The van der Waals surface area contributed by atoms with Crippen LogP contribution in [0.25, 0.3) is 10.9 Å². The van der Waals surface area contributed by atoms with E-state index in [2.05, 4.69) is 9.94 Å². The number of amides is 1. The monoisotopic (exact) mass is 177 g/mol. The van der Waals surface area contributed by atoms with Gasteiger partial charge in [0.05, 0.1) is 11.7 Å². The van der Waals surface area contributed by atoms with Crippen molar-refractivity contribution in [1.29, 1.82) is 0 Å². The third-order valence-electron chi connectivity index (χ3n) is 1.58. The Morgan fingerprint density at radius 1 is 1.46 bits per heavy atom. The van der Waals surface area contributed by atoms with Crippen molar-refractivity contribution in [1.82, 2.24) is 9.94 Å². The number of nitrogens with zero attached hydrogens (tertiary/aromatic N) is 2. The van der Waals surface area contributed by atoms with Crippen molar-refractivity contribution in [3.05, 3.63) is 30.5 Å². The summed E-state index contributed by atoms with van der Waals surface area (Å²) in [7, 11) is 0. The van der Waals surface area contributed by atoms with Gasteiger partial charge in [0.25, 0.3) is 0 Å². The lowest BCUT2D eigenvalue weighted by molar-refractivity contribution is 0.126. The van der Waals surface area contributed by atoms with Gasteiger partial charge in [0.15, 0.2) is 0 Å². The van der Waals surface area contributed by atoms with Crippen molar-refractivity contribution in [3.63, 3.8) is 0 Å². The normalized spacial score (nSPS) is 10.2. The van der Waals surface area contributed by atoms with Gasteiger partial charge in [0, 0.05) is 5.39 Å². The average Bonchev–Trinajstić information content (AvgIpc) is 2.44. The summed E-state index contributed by atoms with van der Waals surface area (Å²) in [6, 6.07) is 7.40. The van der Waals surface area contributed by atoms with Gasteiger partial charge < -0.3 is 5.73 Å². The Morgan fingerprint density at radius 3 is 2.92 bits per heavy atom. The fraction of sp³-hybridized carbons (Fsp3) is 0. The van der Waals surface area contributed by atoms with Crippen LogP contribution in [0.1, 0.15) is 0 Å². The molecule has 0 spiro atoms. The largest absolute Gasteiger partial charge is 0.430 e. The van der Waals surface area contributed by atoms with E-state index >= 15 is 0 Å². The van der Waals surface area contributed by atoms with Gasteiger partial charge >= 0.3 is 6.09 Å². The highest BCUT2D eigenvalue weighted by Gasteiger charge is 2.01. The van der Waals surface area contributed by atoms with E-state index in [9.17, 15) is 4.79 Å². The molecule has 0 radical (unpaired) electrons. The molecule has 2 aromatic rings. The molecule has 0 atom stereocenters. The number of hydrogen-bond acceptors (Lipinski definition) is 3. The molecule has 0 bridgehead atoms. The lowest BCUT2D eigenvalue weighted by atomic mass is 10.3. The van der Waals surface area contributed by atoms with Gasteiger partial charge in [-0.15, -0.1) is 5.10 Å². The SMILES string of the molecule is NC(=O)On1cc2ccccc2n1. The number of rotatable bonds is 1. The zero-order chi connectivity index (χ0) is 9.26. The molecule has 0 aliphatic rings. The third kappa shape index (κ3) is 1.44. The van der Waals surface area contributed by atoms with E-state index in [-0.39, 0.29) is 0 Å². The zero-order valence-electron chi connectivity index (χ0n) is 6.68. The standard InChI is InChI=1S/C8H7N3O2/c9-8(12)13-11-5-6-3-1-2-4-7(6)10-11/h1-5H,(H2,9,12).